The molecule has 0 aliphatic carbocycles. The number of aromatic nitrogens is 1. The molecule has 0 radical (unpaired) electrons. The molecule has 0 fully saturated rings. The Morgan fingerprint density at radius 1 is 1.38 bits per heavy atom. The Morgan fingerprint density at radius 3 is 2.62 bits per heavy atom. The fourth-order valence-electron chi connectivity index (χ4n) is 1.80. The van der Waals surface area contributed by atoms with Gasteiger partial charge >= 0.3 is 0 Å². The zero-order valence-corrected chi connectivity index (χ0v) is 11.3. The topological polar surface area (TPSA) is 24.9 Å². The van der Waals surface area contributed by atoms with Gasteiger partial charge in [-0.2, -0.15) is 11.8 Å². The quantitative estimate of drug-likeness (QED) is 0.790. The number of pyridine rings is 1. The Morgan fingerprint density at radius 2 is 2.12 bits per heavy atom. The summed E-state index contributed by atoms with van der Waals surface area (Å²) in [6.07, 6.45) is 8.37. The van der Waals surface area contributed by atoms with Crippen LogP contribution in [0.3, 0.4) is 0 Å². The second kappa shape index (κ2) is 6.92. The van der Waals surface area contributed by atoms with Gasteiger partial charge < -0.3 is 5.32 Å². The molecule has 0 bridgehead atoms. The van der Waals surface area contributed by atoms with Crippen LogP contribution in [0.2, 0.25) is 0 Å². The van der Waals surface area contributed by atoms with E-state index >= 15 is 0 Å². The van der Waals surface area contributed by atoms with Gasteiger partial charge in [0.15, 0.2) is 0 Å². The van der Waals surface area contributed by atoms with Crippen molar-refractivity contribution >= 4 is 11.8 Å². The van der Waals surface area contributed by atoms with Gasteiger partial charge in [-0.25, -0.2) is 0 Å². The molecule has 3 heteroatoms. The summed E-state index contributed by atoms with van der Waals surface area (Å²) in [5, 5.41) is 3.53. The highest BCUT2D eigenvalue weighted by Crippen LogP contribution is 2.29. The molecule has 0 atom stereocenters. The van der Waals surface area contributed by atoms with Crippen molar-refractivity contribution in [1.29, 1.82) is 0 Å². The summed E-state index contributed by atoms with van der Waals surface area (Å²) >= 11 is 1.97. The van der Waals surface area contributed by atoms with E-state index in [2.05, 4.69) is 36.5 Å². The molecule has 0 aliphatic rings. The molecule has 1 aromatic rings. The third kappa shape index (κ3) is 3.80. The van der Waals surface area contributed by atoms with E-state index < -0.39 is 0 Å². The van der Waals surface area contributed by atoms with E-state index in [1.807, 2.05) is 30.2 Å². The average Bonchev–Trinajstić information content (AvgIpc) is 2.37. The van der Waals surface area contributed by atoms with E-state index in [9.17, 15) is 0 Å². The highest BCUT2D eigenvalue weighted by atomic mass is 32.2. The van der Waals surface area contributed by atoms with Crippen LogP contribution in [0.1, 0.15) is 32.3 Å². The van der Waals surface area contributed by atoms with Gasteiger partial charge in [0.05, 0.1) is 0 Å². The van der Waals surface area contributed by atoms with E-state index in [-0.39, 0.29) is 0 Å². The smallest absolute Gasteiger partial charge is 0.0312 e. The van der Waals surface area contributed by atoms with Gasteiger partial charge in [0.25, 0.3) is 0 Å². The van der Waals surface area contributed by atoms with Gasteiger partial charge in [0, 0.05) is 30.2 Å². The second-order valence-corrected chi connectivity index (χ2v) is 5.33. The molecule has 0 aromatic carbocycles. The maximum Gasteiger partial charge on any atom is 0.0312 e. The summed E-state index contributed by atoms with van der Waals surface area (Å²) in [4.78, 5) is 4.12. The molecule has 16 heavy (non-hydrogen) atoms. The predicted molar refractivity (Wildman–Crippen MR) is 72.8 cm³/mol. The van der Waals surface area contributed by atoms with Crippen LogP contribution in [0.25, 0.3) is 0 Å². The molecule has 2 nitrogen and oxygen atoms in total. The average molecular weight is 238 g/mol. The van der Waals surface area contributed by atoms with Crippen LogP contribution in [-0.2, 0) is 6.54 Å². The molecule has 1 N–H and O–H groups in total. The summed E-state index contributed by atoms with van der Waals surface area (Å²) in [5.74, 6) is 0. The lowest BCUT2D eigenvalue weighted by Crippen LogP contribution is -2.36. The Labute approximate surface area is 103 Å². The number of nitrogens with zero attached hydrogens (tertiary/aromatic N) is 1. The maximum absolute atomic E-state index is 4.12. The molecular formula is C13H22N2S. The molecule has 90 valence electrons. The zero-order chi connectivity index (χ0) is 11.9. The molecule has 0 saturated carbocycles. The third-order valence-corrected chi connectivity index (χ3v) is 4.81. The molecule has 0 amide bonds. The summed E-state index contributed by atoms with van der Waals surface area (Å²) in [6.45, 7) is 6.52. The molecular weight excluding hydrogens is 216 g/mol. The fraction of sp³-hybridized carbons (Fsp3) is 0.615. The Bertz CT molecular complexity index is 275. The molecule has 0 aliphatic heterocycles. The molecule has 0 spiro atoms. The molecule has 0 saturated heterocycles. The second-order valence-electron chi connectivity index (χ2n) is 4.06. The number of hydrogen-bond donors (Lipinski definition) is 1. The van der Waals surface area contributed by atoms with E-state index in [1.165, 1.54) is 18.4 Å². The number of nitrogens with one attached hydrogen (secondary N) is 1. The van der Waals surface area contributed by atoms with E-state index in [4.69, 9.17) is 0 Å². The third-order valence-electron chi connectivity index (χ3n) is 3.22. The number of hydrogen-bond acceptors (Lipinski definition) is 3. The van der Waals surface area contributed by atoms with Crippen LogP contribution in [0.5, 0.6) is 0 Å². The van der Waals surface area contributed by atoms with Crippen LogP contribution in [-0.4, -0.2) is 22.5 Å². The first-order valence-electron chi connectivity index (χ1n) is 5.91. The first-order chi connectivity index (χ1) is 7.76. The van der Waals surface area contributed by atoms with Gasteiger partial charge in [-0.3, -0.25) is 4.98 Å². The standard InChI is InChI=1S/C13H22N2S/c1-4-13(5-2,16-3)11-15-10-12-7-6-8-14-9-12/h6-9,15H,4-5,10-11H2,1-3H3. The minimum Gasteiger partial charge on any atom is -0.311 e. The van der Waals surface area contributed by atoms with Gasteiger partial charge in [-0.05, 0) is 30.7 Å². The van der Waals surface area contributed by atoms with E-state index in [0.29, 0.717) is 4.75 Å². The summed E-state index contributed by atoms with van der Waals surface area (Å²) in [5.41, 5.74) is 1.25. The monoisotopic (exact) mass is 238 g/mol. The predicted octanol–water partition coefficient (Wildman–Crippen LogP) is 3.09. The summed E-state index contributed by atoms with van der Waals surface area (Å²) in [7, 11) is 0. The summed E-state index contributed by atoms with van der Waals surface area (Å²) < 4.78 is 0.391. The van der Waals surface area contributed by atoms with Crippen molar-refractivity contribution in [1.82, 2.24) is 10.3 Å². The van der Waals surface area contributed by atoms with E-state index in [1.54, 1.807) is 0 Å². The SMILES string of the molecule is CCC(CC)(CNCc1cccnc1)SC. The maximum atomic E-state index is 4.12. The number of thioether (sulfide) groups is 1. The highest BCUT2D eigenvalue weighted by Gasteiger charge is 2.23. The first kappa shape index (κ1) is 13.5. The molecule has 1 rings (SSSR count). The van der Waals surface area contributed by atoms with Crippen molar-refractivity contribution in [2.45, 2.75) is 38.0 Å². The molecule has 0 unspecified atom stereocenters. The summed E-state index contributed by atoms with van der Waals surface area (Å²) in [6, 6.07) is 4.09. The normalized spacial score (nSPS) is 11.7. The minimum absolute atomic E-state index is 0.391. The van der Waals surface area contributed by atoms with Gasteiger partial charge in [-0.1, -0.05) is 19.9 Å². The van der Waals surface area contributed by atoms with Crippen molar-refractivity contribution in [3.63, 3.8) is 0 Å². The van der Waals surface area contributed by atoms with Crippen LogP contribution < -0.4 is 5.32 Å². The van der Waals surface area contributed by atoms with Crippen molar-refractivity contribution in [2.24, 2.45) is 0 Å². The number of rotatable bonds is 7. The van der Waals surface area contributed by atoms with Crippen LogP contribution in [0.15, 0.2) is 24.5 Å². The Hall–Kier alpha value is -0.540. The molecule has 1 heterocycles. The van der Waals surface area contributed by atoms with Crippen molar-refractivity contribution in [2.75, 3.05) is 12.8 Å². The lowest BCUT2D eigenvalue weighted by Gasteiger charge is -2.30. The Kier molecular flexibility index (Phi) is 5.85. The molecule has 1 aromatic heterocycles. The minimum atomic E-state index is 0.391. The highest BCUT2D eigenvalue weighted by molar-refractivity contribution is 8.00. The van der Waals surface area contributed by atoms with Crippen molar-refractivity contribution in [3.05, 3.63) is 30.1 Å². The lowest BCUT2D eigenvalue weighted by atomic mass is 10.0. The van der Waals surface area contributed by atoms with Gasteiger partial charge in [0.2, 0.25) is 0 Å². The van der Waals surface area contributed by atoms with E-state index in [0.717, 1.165) is 13.1 Å². The lowest BCUT2D eigenvalue weighted by molar-refractivity contribution is 0.495. The van der Waals surface area contributed by atoms with Gasteiger partial charge in [-0.15, -0.1) is 0 Å². The van der Waals surface area contributed by atoms with Crippen LogP contribution >= 0.6 is 11.8 Å². The zero-order valence-electron chi connectivity index (χ0n) is 10.5. The fourth-order valence-corrected chi connectivity index (χ4v) is 2.62. The Balaban J connectivity index is 2.39. The van der Waals surface area contributed by atoms with Crippen molar-refractivity contribution in [3.8, 4) is 0 Å². The van der Waals surface area contributed by atoms with Crippen molar-refractivity contribution < 1.29 is 0 Å². The first-order valence-corrected chi connectivity index (χ1v) is 7.13. The van der Waals surface area contributed by atoms with Crippen LogP contribution in [0.4, 0.5) is 0 Å². The van der Waals surface area contributed by atoms with Crippen LogP contribution in [0, 0.1) is 0 Å². The van der Waals surface area contributed by atoms with Gasteiger partial charge in [0.1, 0.15) is 0 Å². The largest absolute Gasteiger partial charge is 0.311 e.